The molecule has 2 amide bonds. The lowest BCUT2D eigenvalue weighted by molar-refractivity contribution is -0.132. The van der Waals surface area contributed by atoms with Gasteiger partial charge >= 0.3 is 6.09 Å². The third-order valence-corrected chi connectivity index (χ3v) is 8.33. The molecule has 1 N–H and O–H groups in total. The molecule has 2 fully saturated rings. The molecular weight excluding hydrogens is 520 g/mol. The van der Waals surface area contributed by atoms with Crippen LogP contribution in [0.15, 0.2) is 47.6 Å². The first-order valence-corrected chi connectivity index (χ1v) is 14.9. The predicted octanol–water partition coefficient (Wildman–Crippen LogP) is 5.82. The molecule has 1 aliphatic carbocycles. The smallest absolute Gasteiger partial charge is 0.411 e. The molecule has 1 saturated carbocycles. The summed E-state index contributed by atoms with van der Waals surface area (Å²) in [5, 5.41) is 9.04. The lowest BCUT2D eigenvalue weighted by Gasteiger charge is -2.28. The van der Waals surface area contributed by atoms with E-state index in [1.54, 1.807) is 7.11 Å². The van der Waals surface area contributed by atoms with Gasteiger partial charge in [-0.3, -0.25) is 10.1 Å². The Morgan fingerprint density at radius 3 is 2.49 bits per heavy atom. The molecule has 2 aromatic carbocycles. The summed E-state index contributed by atoms with van der Waals surface area (Å²) in [5.41, 5.74) is 3.36. The maximum absolute atomic E-state index is 12.7. The number of hydrogen-bond donors (Lipinski definition) is 1. The summed E-state index contributed by atoms with van der Waals surface area (Å²) in [7, 11) is 3.79. The number of ether oxygens (including phenoxy) is 3. The van der Waals surface area contributed by atoms with Gasteiger partial charge in [0.25, 0.3) is 0 Å². The Morgan fingerprint density at radius 1 is 1.00 bits per heavy atom. The second-order valence-corrected chi connectivity index (χ2v) is 11.4. The molecule has 3 aliphatic rings. The minimum absolute atomic E-state index is 0.0138. The van der Waals surface area contributed by atoms with Crippen molar-refractivity contribution in [1.29, 1.82) is 0 Å². The molecule has 1 saturated heterocycles. The van der Waals surface area contributed by atoms with Gasteiger partial charge in [-0.15, -0.1) is 0 Å². The molecule has 41 heavy (non-hydrogen) atoms. The molecule has 9 nitrogen and oxygen atoms in total. The number of anilines is 1. The van der Waals surface area contributed by atoms with Gasteiger partial charge in [-0.05, 0) is 107 Å². The number of hydrogen-bond acceptors (Lipinski definition) is 7. The second-order valence-electron chi connectivity index (χ2n) is 11.4. The van der Waals surface area contributed by atoms with Crippen molar-refractivity contribution in [3.8, 4) is 11.5 Å². The van der Waals surface area contributed by atoms with Crippen molar-refractivity contribution in [3.05, 3.63) is 53.6 Å². The van der Waals surface area contributed by atoms with Crippen LogP contribution in [0.1, 0.15) is 68.9 Å². The fourth-order valence-corrected chi connectivity index (χ4v) is 5.75. The average molecular weight is 563 g/mol. The van der Waals surface area contributed by atoms with Gasteiger partial charge in [0.1, 0.15) is 0 Å². The van der Waals surface area contributed by atoms with E-state index in [-0.39, 0.29) is 12.0 Å². The first-order valence-electron chi connectivity index (χ1n) is 14.9. The molecule has 5 rings (SSSR count). The average Bonchev–Trinajstić information content (AvgIpc) is 3.49. The zero-order valence-electron chi connectivity index (χ0n) is 24.3. The summed E-state index contributed by atoms with van der Waals surface area (Å²) in [4.78, 5) is 27.3. The zero-order valence-corrected chi connectivity index (χ0v) is 24.3. The van der Waals surface area contributed by atoms with Gasteiger partial charge < -0.3 is 19.1 Å². The highest BCUT2D eigenvalue weighted by molar-refractivity contribution is 6.04. The van der Waals surface area contributed by atoms with E-state index in [2.05, 4.69) is 17.3 Å². The maximum Gasteiger partial charge on any atom is 0.411 e. The van der Waals surface area contributed by atoms with Crippen molar-refractivity contribution in [1.82, 2.24) is 9.91 Å². The number of likely N-dealkylation sites (tertiary alicyclic amines) is 1. The topological polar surface area (TPSA) is 92.7 Å². The number of amides is 2. The van der Waals surface area contributed by atoms with Crippen molar-refractivity contribution >= 4 is 23.4 Å². The van der Waals surface area contributed by atoms with E-state index in [0.717, 1.165) is 67.8 Å². The molecule has 9 heteroatoms. The highest BCUT2D eigenvalue weighted by Crippen LogP contribution is 2.33. The highest BCUT2D eigenvalue weighted by Gasteiger charge is 2.24. The number of carbonyl (C=O) groups excluding carboxylic acids is 2. The number of carbonyl (C=O) groups is 2. The van der Waals surface area contributed by atoms with Gasteiger partial charge in [0.05, 0.1) is 32.1 Å². The Bertz CT molecular complexity index is 1220. The van der Waals surface area contributed by atoms with Crippen LogP contribution in [-0.4, -0.2) is 67.6 Å². The molecular formula is C32H42N4O5. The molecule has 0 bridgehead atoms. The van der Waals surface area contributed by atoms with Crippen molar-refractivity contribution in [3.63, 3.8) is 0 Å². The standard InChI is InChI=1S/C32H42N4O5/c1-35-18-15-23(16-19-35)17-20-40-32(38)33-26-10-7-24(8-11-26)22-36-31(37)14-12-28(34-36)25-9-13-29(39-2)30(21-25)41-27-5-3-4-6-27/h7-11,13,21,23,27H,3-6,12,14-20,22H2,1-2H3,(H,33,38). The molecule has 2 aliphatic heterocycles. The quantitative estimate of drug-likeness (QED) is 0.392. The van der Waals surface area contributed by atoms with Crippen LogP contribution >= 0.6 is 0 Å². The Balaban J connectivity index is 1.15. The fourth-order valence-electron chi connectivity index (χ4n) is 5.75. The fraction of sp³-hybridized carbons (Fsp3) is 0.531. The van der Waals surface area contributed by atoms with Gasteiger partial charge in [0.2, 0.25) is 5.91 Å². The van der Waals surface area contributed by atoms with Crippen molar-refractivity contribution in [2.24, 2.45) is 11.0 Å². The molecule has 2 aromatic rings. The number of rotatable bonds is 10. The van der Waals surface area contributed by atoms with Gasteiger partial charge in [-0.1, -0.05) is 12.1 Å². The molecule has 220 valence electrons. The van der Waals surface area contributed by atoms with E-state index in [4.69, 9.17) is 19.3 Å². The van der Waals surface area contributed by atoms with Crippen LogP contribution in [-0.2, 0) is 16.1 Å². The van der Waals surface area contributed by atoms with E-state index in [0.29, 0.717) is 43.3 Å². The van der Waals surface area contributed by atoms with Gasteiger partial charge in [-0.25, -0.2) is 9.80 Å². The monoisotopic (exact) mass is 562 g/mol. The van der Waals surface area contributed by atoms with E-state index in [1.807, 2.05) is 42.5 Å². The normalized spacial score (nSPS) is 18.7. The number of piperidine rings is 1. The van der Waals surface area contributed by atoms with Crippen LogP contribution in [0.4, 0.5) is 10.5 Å². The Hall–Kier alpha value is -3.59. The van der Waals surface area contributed by atoms with Crippen molar-refractivity contribution in [2.75, 3.05) is 39.2 Å². The summed E-state index contributed by atoms with van der Waals surface area (Å²) in [5.74, 6) is 2.04. The second kappa shape index (κ2) is 13.9. The molecule has 0 unspecified atom stereocenters. The van der Waals surface area contributed by atoms with Crippen molar-refractivity contribution in [2.45, 2.75) is 70.4 Å². The van der Waals surface area contributed by atoms with Crippen LogP contribution in [0.3, 0.4) is 0 Å². The van der Waals surface area contributed by atoms with Crippen LogP contribution in [0.5, 0.6) is 11.5 Å². The summed E-state index contributed by atoms with van der Waals surface area (Å²) < 4.78 is 17.2. The number of benzene rings is 2. The lowest BCUT2D eigenvalue weighted by Crippen LogP contribution is -2.31. The van der Waals surface area contributed by atoms with Gasteiger partial charge in [0.15, 0.2) is 11.5 Å². The van der Waals surface area contributed by atoms with E-state index < -0.39 is 6.09 Å². The molecule has 0 atom stereocenters. The number of methoxy groups -OCH3 is 1. The predicted molar refractivity (Wildman–Crippen MR) is 158 cm³/mol. The third kappa shape index (κ3) is 8.00. The first-order chi connectivity index (χ1) is 20.0. The third-order valence-electron chi connectivity index (χ3n) is 8.33. The summed E-state index contributed by atoms with van der Waals surface area (Å²) in [6.45, 7) is 3.00. The minimum atomic E-state index is -0.443. The van der Waals surface area contributed by atoms with Gasteiger partial charge in [-0.2, -0.15) is 5.10 Å². The largest absolute Gasteiger partial charge is 0.493 e. The summed E-state index contributed by atoms with van der Waals surface area (Å²) in [6.07, 6.45) is 8.46. The Morgan fingerprint density at radius 2 is 1.76 bits per heavy atom. The van der Waals surface area contributed by atoms with E-state index in [1.165, 1.54) is 17.9 Å². The number of nitrogens with zero attached hydrogens (tertiary/aromatic N) is 3. The minimum Gasteiger partial charge on any atom is -0.493 e. The summed E-state index contributed by atoms with van der Waals surface area (Å²) in [6, 6.07) is 13.3. The van der Waals surface area contributed by atoms with E-state index in [9.17, 15) is 9.59 Å². The maximum atomic E-state index is 12.7. The zero-order chi connectivity index (χ0) is 28.6. The SMILES string of the molecule is COc1ccc(C2=NN(Cc3ccc(NC(=O)OCCC4CCN(C)CC4)cc3)C(=O)CC2)cc1OC1CCCC1. The Kier molecular flexibility index (Phi) is 9.77. The van der Waals surface area contributed by atoms with Crippen LogP contribution in [0, 0.1) is 5.92 Å². The Labute approximate surface area is 242 Å². The van der Waals surface area contributed by atoms with Crippen LogP contribution in [0.2, 0.25) is 0 Å². The van der Waals surface area contributed by atoms with Crippen molar-refractivity contribution < 1.29 is 23.8 Å². The number of nitrogens with one attached hydrogen (secondary N) is 1. The van der Waals surface area contributed by atoms with E-state index >= 15 is 0 Å². The molecule has 0 aromatic heterocycles. The van der Waals surface area contributed by atoms with Crippen LogP contribution in [0.25, 0.3) is 0 Å². The van der Waals surface area contributed by atoms with Gasteiger partial charge in [0, 0.05) is 24.1 Å². The number of hydrazone groups is 1. The first kappa shape index (κ1) is 28.9. The molecule has 0 spiro atoms. The molecule has 2 heterocycles. The highest BCUT2D eigenvalue weighted by atomic mass is 16.5. The van der Waals surface area contributed by atoms with Crippen LogP contribution < -0.4 is 14.8 Å². The summed E-state index contributed by atoms with van der Waals surface area (Å²) >= 11 is 0. The molecule has 0 radical (unpaired) electrons. The lowest BCUT2D eigenvalue weighted by atomic mass is 9.94.